The molecule has 10 heteroatoms. The topological polar surface area (TPSA) is 118 Å². The second-order valence-corrected chi connectivity index (χ2v) is 5.34. The van der Waals surface area contributed by atoms with Crippen molar-refractivity contribution in [3.63, 3.8) is 0 Å². The number of esters is 1. The van der Waals surface area contributed by atoms with Gasteiger partial charge in [-0.05, 0) is 12.1 Å². The van der Waals surface area contributed by atoms with Crippen LogP contribution in [-0.4, -0.2) is 58.8 Å². The number of β-amino-alcohol motifs (C(OH)–C–C–N with tert-alkyl or cyclic N) is 1. The number of hydrogen-bond donors (Lipinski definition) is 2. The molecule has 2 N–H and O–H groups in total. The number of anilines is 1. The molecule has 0 radical (unpaired) electrons. The van der Waals surface area contributed by atoms with E-state index in [1.54, 1.807) is 0 Å². The lowest BCUT2D eigenvalue weighted by molar-refractivity contribution is -0.136. The van der Waals surface area contributed by atoms with Crippen LogP contribution in [0, 0.1) is 5.82 Å². The Balaban J connectivity index is 2.02. The van der Waals surface area contributed by atoms with Crippen molar-refractivity contribution in [3.8, 4) is 11.4 Å². The highest BCUT2D eigenvalue weighted by atomic mass is 19.1. The summed E-state index contributed by atoms with van der Waals surface area (Å²) in [5.74, 6) is -1.85. The van der Waals surface area contributed by atoms with Crippen molar-refractivity contribution in [2.24, 2.45) is 0 Å². The smallest absolute Gasteiger partial charge is 0.337 e. The first-order chi connectivity index (χ1) is 12.6. The standard InChI is InChI=1S/C16H15FN4O5/c1-25-16(24)9-7-21(5-6-22)15(23)13(9)19-11-4-2-3-10(17)12(11)14-18-8-26-20-14/h2-4,8,19,22H,5-7H2,1H3. The number of nitrogens with zero attached hydrogens (tertiary/aromatic N) is 3. The quantitative estimate of drug-likeness (QED) is 0.716. The zero-order chi connectivity index (χ0) is 18.7. The Morgan fingerprint density at radius 1 is 1.50 bits per heavy atom. The van der Waals surface area contributed by atoms with E-state index < -0.39 is 17.7 Å². The highest BCUT2D eigenvalue weighted by Gasteiger charge is 2.35. The molecule has 1 aliphatic heterocycles. The van der Waals surface area contributed by atoms with Gasteiger partial charge < -0.3 is 24.6 Å². The molecule has 9 nitrogen and oxygen atoms in total. The Kier molecular flexibility index (Phi) is 4.94. The molecule has 1 aromatic heterocycles. The SMILES string of the molecule is COC(=O)C1=C(Nc2cccc(F)c2-c2ncon2)C(=O)N(CCO)C1. The Bertz CT molecular complexity index is 866. The van der Waals surface area contributed by atoms with Gasteiger partial charge in [-0.2, -0.15) is 4.98 Å². The molecule has 0 bridgehead atoms. The van der Waals surface area contributed by atoms with E-state index in [9.17, 15) is 14.0 Å². The van der Waals surface area contributed by atoms with Crippen LogP contribution in [0.3, 0.4) is 0 Å². The van der Waals surface area contributed by atoms with E-state index >= 15 is 0 Å². The summed E-state index contributed by atoms with van der Waals surface area (Å²) >= 11 is 0. The second kappa shape index (κ2) is 7.31. The Morgan fingerprint density at radius 2 is 2.31 bits per heavy atom. The number of aliphatic hydroxyl groups excluding tert-OH is 1. The van der Waals surface area contributed by atoms with E-state index in [1.807, 2.05) is 0 Å². The van der Waals surface area contributed by atoms with Gasteiger partial charge in [0.1, 0.15) is 11.5 Å². The van der Waals surface area contributed by atoms with Crippen molar-refractivity contribution in [1.29, 1.82) is 0 Å². The summed E-state index contributed by atoms with van der Waals surface area (Å²) < 4.78 is 23.7. The highest BCUT2D eigenvalue weighted by Crippen LogP contribution is 2.31. The zero-order valence-corrected chi connectivity index (χ0v) is 13.7. The van der Waals surface area contributed by atoms with E-state index in [0.717, 1.165) is 6.39 Å². The average Bonchev–Trinajstić information content (AvgIpc) is 3.25. The van der Waals surface area contributed by atoms with Crippen molar-refractivity contribution in [2.75, 3.05) is 32.1 Å². The Morgan fingerprint density at radius 3 is 2.96 bits per heavy atom. The van der Waals surface area contributed by atoms with E-state index in [-0.39, 0.29) is 48.0 Å². The van der Waals surface area contributed by atoms with Crippen LogP contribution in [0.25, 0.3) is 11.4 Å². The van der Waals surface area contributed by atoms with Crippen LogP contribution in [0.4, 0.5) is 10.1 Å². The maximum absolute atomic E-state index is 14.3. The molecule has 0 saturated heterocycles. The molecule has 0 aliphatic carbocycles. The number of benzene rings is 1. The summed E-state index contributed by atoms with van der Waals surface area (Å²) in [6.07, 6.45) is 1.05. The van der Waals surface area contributed by atoms with Crippen molar-refractivity contribution in [1.82, 2.24) is 15.0 Å². The van der Waals surface area contributed by atoms with Crippen molar-refractivity contribution < 1.29 is 28.3 Å². The number of amides is 1. The molecule has 0 spiro atoms. The van der Waals surface area contributed by atoms with E-state index in [1.165, 1.54) is 30.2 Å². The molecule has 0 atom stereocenters. The number of aliphatic hydroxyl groups is 1. The number of ether oxygens (including phenoxy) is 1. The number of aromatic nitrogens is 2. The van der Waals surface area contributed by atoms with E-state index in [2.05, 4.69) is 20.0 Å². The predicted octanol–water partition coefficient (Wildman–Crippen LogP) is 0.549. The number of halogens is 1. The molecular weight excluding hydrogens is 347 g/mol. The molecule has 26 heavy (non-hydrogen) atoms. The lowest BCUT2D eigenvalue weighted by Gasteiger charge is -2.15. The van der Waals surface area contributed by atoms with Gasteiger partial charge in [-0.15, -0.1) is 0 Å². The fraction of sp³-hybridized carbons (Fsp3) is 0.250. The molecule has 136 valence electrons. The van der Waals surface area contributed by atoms with Crippen LogP contribution in [0.5, 0.6) is 0 Å². The molecule has 1 aliphatic rings. The Labute approximate surface area is 147 Å². The van der Waals surface area contributed by atoms with Gasteiger partial charge in [0.15, 0.2) is 0 Å². The number of nitrogens with one attached hydrogen (secondary N) is 1. The second-order valence-electron chi connectivity index (χ2n) is 5.34. The van der Waals surface area contributed by atoms with Crippen LogP contribution < -0.4 is 5.32 Å². The summed E-state index contributed by atoms with van der Waals surface area (Å²) in [4.78, 5) is 29.7. The largest absolute Gasteiger partial charge is 0.466 e. The third-order valence-electron chi connectivity index (χ3n) is 3.81. The van der Waals surface area contributed by atoms with Crippen LogP contribution in [0.1, 0.15) is 0 Å². The minimum absolute atomic E-state index is 0.00799. The van der Waals surface area contributed by atoms with Crippen LogP contribution >= 0.6 is 0 Å². The molecule has 0 saturated carbocycles. The number of rotatable bonds is 6. The van der Waals surface area contributed by atoms with Gasteiger partial charge in [0.2, 0.25) is 12.2 Å². The molecule has 2 aromatic rings. The minimum Gasteiger partial charge on any atom is -0.466 e. The number of hydrogen-bond acceptors (Lipinski definition) is 8. The monoisotopic (exact) mass is 362 g/mol. The van der Waals surface area contributed by atoms with Crippen molar-refractivity contribution >= 4 is 17.6 Å². The molecule has 1 amide bonds. The van der Waals surface area contributed by atoms with Gasteiger partial charge in [-0.25, -0.2) is 9.18 Å². The predicted molar refractivity (Wildman–Crippen MR) is 86.0 cm³/mol. The van der Waals surface area contributed by atoms with Crippen LogP contribution in [0.2, 0.25) is 0 Å². The summed E-state index contributed by atoms with van der Waals surface area (Å²) in [6, 6.07) is 4.16. The van der Waals surface area contributed by atoms with E-state index in [4.69, 9.17) is 9.84 Å². The summed E-state index contributed by atoms with van der Waals surface area (Å²) in [7, 11) is 1.19. The summed E-state index contributed by atoms with van der Waals surface area (Å²) in [5, 5.41) is 15.5. The minimum atomic E-state index is -0.696. The van der Waals surface area contributed by atoms with Gasteiger partial charge in [-0.1, -0.05) is 11.2 Å². The lowest BCUT2D eigenvalue weighted by atomic mass is 10.1. The molecule has 2 heterocycles. The molecule has 0 fully saturated rings. The molecule has 3 rings (SSSR count). The van der Waals surface area contributed by atoms with Gasteiger partial charge >= 0.3 is 5.97 Å². The van der Waals surface area contributed by atoms with Crippen LogP contribution in [0.15, 0.2) is 40.4 Å². The van der Waals surface area contributed by atoms with Gasteiger partial charge in [0, 0.05) is 6.54 Å². The zero-order valence-electron chi connectivity index (χ0n) is 13.7. The highest BCUT2D eigenvalue weighted by molar-refractivity contribution is 6.09. The third kappa shape index (κ3) is 3.14. The van der Waals surface area contributed by atoms with Gasteiger partial charge in [0.25, 0.3) is 5.91 Å². The maximum atomic E-state index is 14.3. The Hall–Kier alpha value is -3.27. The normalized spacial score (nSPS) is 14.1. The van der Waals surface area contributed by atoms with Gasteiger partial charge in [0.05, 0.1) is 37.1 Å². The number of methoxy groups -OCH3 is 1. The first-order valence-corrected chi connectivity index (χ1v) is 7.60. The average molecular weight is 362 g/mol. The first-order valence-electron chi connectivity index (χ1n) is 7.60. The fourth-order valence-corrected chi connectivity index (χ4v) is 2.62. The number of carbonyl (C=O) groups excluding carboxylic acids is 2. The van der Waals surface area contributed by atoms with Crippen LogP contribution in [-0.2, 0) is 14.3 Å². The summed E-state index contributed by atoms with van der Waals surface area (Å²) in [6.45, 7) is -0.242. The molecular formula is C16H15FN4O5. The van der Waals surface area contributed by atoms with Crippen molar-refractivity contribution in [3.05, 3.63) is 41.7 Å². The third-order valence-corrected chi connectivity index (χ3v) is 3.81. The number of carbonyl (C=O) groups is 2. The lowest BCUT2D eigenvalue weighted by Crippen LogP contribution is -2.31. The first kappa shape index (κ1) is 17.5. The van der Waals surface area contributed by atoms with Gasteiger partial charge in [-0.3, -0.25) is 4.79 Å². The van der Waals surface area contributed by atoms with E-state index in [0.29, 0.717) is 0 Å². The summed E-state index contributed by atoms with van der Waals surface area (Å²) in [5.41, 5.74) is 0.197. The molecule has 1 aromatic carbocycles. The molecule has 0 unspecified atom stereocenters. The van der Waals surface area contributed by atoms with Crippen molar-refractivity contribution in [2.45, 2.75) is 0 Å². The fourth-order valence-electron chi connectivity index (χ4n) is 2.62. The maximum Gasteiger partial charge on any atom is 0.337 e.